The number of nitrogens with two attached hydrogens (primary N) is 1. The molecule has 2 atom stereocenters. The normalized spacial score (nSPS) is 16.5. The monoisotopic (exact) mass is 225 g/mol. The molecule has 0 aliphatic rings. The van der Waals surface area contributed by atoms with Crippen LogP contribution in [0, 0.1) is 0 Å². The first-order chi connectivity index (χ1) is 7.49. The minimum absolute atomic E-state index is 0.202. The van der Waals surface area contributed by atoms with Crippen LogP contribution in [0.15, 0.2) is 30.3 Å². The lowest BCUT2D eigenvalue weighted by Gasteiger charge is -2.25. The summed E-state index contributed by atoms with van der Waals surface area (Å²) in [6, 6.07) is 7.23. The lowest BCUT2D eigenvalue weighted by atomic mass is 9.92. The number of benzene rings is 1. The van der Waals surface area contributed by atoms with Crippen LogP contribution in [0.25, 0.3) is 0 Å². The van der Waals surface area contributed by atoms with E-state index >= 15 is 0 Å². The number of alkyl halides is 1. The van der Waals surface area contributed by atoms with E-state index in [-0.39, 0.29) is 6.61 Å². The number of Topliss-reactive ketones (excluding diaryl/α,β-unsaturated/α-hetero) is 1. The molecule has 0 aliphatic carbocycles. The van der Waals surface area contributed by atoms with E-state index in [1.165, 1.54) is 14.0 Å². The first kappa shape index (κ1) is 12.8. The number of ketones is 1. The second-order valence-corrected chi connectivity index (χ2v) is 3.92. The predicted molar refractivity (Wildman–Crippen MR) is 60.1 cm³/mol. The van der Waals surface area contributed by atoms with E-state index in [2.05, 4.69) is 0 Å². The maximum atomic E-state index is 13.9. The van der Waals surface area contributed by atoms with Gasteiger partial charge in [-0.3, -0.25) is 4.79 Å². The molecule has 0 spiro atoms. The lowest BCUT2D eigenvalue weighted by molar-refractivity contribution is 0.0334. The van der Waals surface area contributed by atoms with Crippen molar-refractivity contribution in [2.45, 2.75) is 18.6 Å². The smallest absolute Gasteiger partial charge is 0.182 e. The van der Waals surface area contributed by atoms with Gasteiger partial charge in [-0.05, 0) is 6.92 Å². The molecule has 0 fully saturated rings. The highest BCUT2D eigenvalue weighted by molar-refractivity contribution is 6.00. The van der Waals surface area contributed by atoms with Crippen molar-refractivity contribution in [3.05, 3.63) is 35.9 Å². The highest BCUT2D eigenvalue weighted by Gasteiger charge is 2.37. The Kier molecular flexibility index (Phi) is 4.15. The zero-order valence-electron chi connectivity index (χ0n) is 9.44. The van der Waals surface area contributed by atoms with Crippen LogP contribution in [-0.4, -0.2) is 31.2 Å². The first-order valence-corrected chi connectivity index (χ1v) is 5.01. The van der Waals surface area contributed by atoms with Crippen molar-refractivity contribution < 1.29 is 13.9 Å². The summed E-state index contributed by atoms with van der Waals surface area (Å²) in [4.78, 5) is 11.8. The Morgan fingerprint density at radius 1 is 1.50 bits per heavy atom. The fourth-order valence-corrected chi connectivity index (χ4v) is 1.43. The zero-order chi connectivity index (χ0) is 12.2. The molecule has 0 saturated carbocycles. The fourth-order valence-electron chi connectivity index (χ4n) is 1.43. The molecule has 1 aromatic rings. The van der Waals surface area contributed by atoms with E-state index in [4.69, 9.17) is 10.5 Å². The highest BCUT2D eigenvalue weighted by Crippen LogP contribution is 2.18. The van der Waals surface area contributed by atoms with Crippen molar-refractivity contribution in [2.24, 2.45) is 5.73 Å². The summed E-state index contributed by atoms with van der Waals surface area (Å²) in [6.07, 6.45) is 0. The predicted octanol–water partition coefficient (Wildman–Crippen LogP) is 1.57. The summed E-state index contributed by atoms with van der Waals surface area (Å²) < 4.78 is 18.7. The standard InChI is InChI=1S/C12H16FNO2/c1-12(13,8-16-2)11(14)10(15)9-6-4-3-5-7-9/h3-7,11H,8,14H2,1-2H3/t11-,12+/m0/s1. The zero-order valence-corrected chi connectivity index (χ0v) is 9.44. The molecule has 0 aliphatic heterocycles. The molecule has 16 heavy (non-hydrogen) atoms. The molecule has 0 bridgehead atoms. The summed E-state index contributed by atoms with van der Waals surface area (Å²) in [5.41, 5.74) is 4.16. The lowest BCUT2D eigenvalue weighted by Crippen LogP contribution is -2.50. The van der Waals surface area contributed by atoms with Crippen molar-refractivity contribution in [1.29, 1.82) is 0 Å². The Balaban J connectivity index is 2.82. The van der Waals surface area contributed by atoms with Gasteiger partial charge in [-0.15, -0.1) is 0 Å². The molecule has 0 saturated heterocycles. The van der Waals surface area contributed by atoms with Crippen LogP contribution in [0.3, 0.4) is 0 Å². The number of hydrogen-bond donors (Lipinski definition) is 1. The van der Waals surface area contributed by atoms with E-state index in [9.17, 15) is 9.18 Å². The maximum absolute atomic E-state index is 13.9. The van der Waals surface area contributed by atoms with Crippen LogP contribution in [0.1, 0.15) is 17.3 Å². The minimum atomic E-state index is -1.86. The van der Waals surface area contributed by atoms with Gasteiger partial charge in [-0.1, -0.05) is 30.3 Å². The molecule has 0 aromatic heterocycles. The van der Waals surface area contributed by atoms with Crippen molar-refractivity contribution >= 4 is 5.78 Å². The van der Waals surface area contributed by atoms with Gasteiger partial charge < -0.3 is 10.5 Å². The highest BCUT2D eigenvalue weighted by atomic mass is 19.1. The second kappa shape index (κ2) is 5.18. The quantitative estimate of drug-likeness (QED) is 0.774. The largest absolute Gasteiger partial charge is 0.381 e. The number of halogens is 1. The van der Waals surface area contributed by atoms with E-state index in [1.54, 1.807) is 30.3 Å². The van der Waals surface area contributed by atoms with Crippen LogP contribution in [0.2, 0.25) is 0 Å². The van der Waals surface area contributed by atoms with Gasteiger partial charge in [0.1, 0.15) is 6.04 Å². The molecule has 0 radical (unpaired) electrons. The third-order valence-corrected chi connectivity index (χ3v) is 2.42. The van der Waals surface area contributed by atoms with E-state index < -0.39 is 17.5 Å². The van der Waals surface area contributed by atoms with E-state index in [0.717, 1.165) is 0 Å². The Morgan fingerprint density at radius 3 is 2.56 bits per heavy atom. The van der Waals surface area contributed by atoms with Crippen LogP contribution >= 0.6 is 0 Å². The number of methoxy groups -OCH3 is 1. The third-order valence-electron chi connectivity index (χ3n) is 2.42. The van der Waals surface area contributed by atoms with Gasteiger partial charge >= 0.3 is 0 Å². The molecule has 1 aromatic carbocycles. The topological polar surface area (TPSA) is 52.3 Å². The minimum Gasteiger partial charge on any atom is -0.381 e. The summed E-state index contributed by atoms with van der Waals surface area (Å²) in [5, 5.41) is 0. The molecular formula is C12H16FNO2. The molecule has 3 nitrogen and oxygen atoms in total. The van der Waals surface area contributed by atoms with Crippen LogP contribution in [0.4, 0.5) is 4.39 Å². The molecule has 88 valence electrons. The van der Waals surface area contributed by atoms with Gasteiger partial charge in [-0.25, -0.2) is 4.39 Å². The van der Waals surface area contributed by atoms with E-state index in [0.29, 0.717) is 5.56 Å². The summed E-state index contributed by atoms with van der Waals surface area (Å²) >= 11 is 0. The number of hydrogen-bond acceptors (Lipinski definition) is 3. The second-order valence-electron chi connectivity index (χ2n) is 3.92. The van der Waals surface area contributed by atoms with Gasteiger partial charge in [0.15, 0.2) is 11.5 Å². The number of carbonyl (C=O) groups is 1. The average molecular weight is 225 g/mol. The summed E-state index contributed by atoms with van der Waals surface area (Å²) in [6.45, 7) is 1.06. The number of carbonyl (C=O) groups excluding carboxylic acids is 1. The molecule has 0 unspecified atom stereocenters. The average Bonchev–Trinajstić information content (AvgIpc) is 2.28. The molecule has 2 N–H and O–H groups in total. The van der Waals surface area contributed by atoms with Gasteiger partial charge in [0.25, 0.3) is 0 Å². The van der Waals surface area contributed by atoms with Crippen molar-refractivity contribution in [2.75, 3.05) is 13.7 Å². The summed E-state index contributed by atoms with van der Waals surface area (Å²) in [5.74, 6) is -0.414. The Labute approximate surface area is 94.4 Å². The SMILES string of the molecule is COC[C@@](C)(F)[C@@H](N)C(=O)c1ccccc1. The maximum Gasteiger partial charge on any atom is 0.182 e. The molecule has 4 heteroatoms. The molecule has 1 rings (SSSR count). The van der Waals surface area contributed by atoms with Crippen molar-refractivity contribution in [3.63, 3.8) is 0 Å². The molecular weight excluding hydrogens is 209 g/mol. The summed E-state index contributed by atoms with van der Waals surface area (Å²) in [7, 11) is 1.37. The van der Waals surface area contributed by atoms with Crippen LogP contribution in [0.5, 0.6) is 0 Å². The third kappa shape index (κ3) is 2.87. The first-order valence-electron chi connectivity index (χ1n) is 5.01. The van der Waals surface area contributed by atoms with Gasteiger partial charge in [0, 0.05) is 12.7 Å². The molecule has 0 heterocycles. The Bertz CT molecular complexity index is 351. The van der Waals surface area contributed by atoms with Crippen LogP contribution < -0.4 is 5.73 Å². The van der Waals surface area contributed by atoms with Crippen molar-refractivity contribution in [3.8, 4) is 0 Å². The Hall–Kier alpha value is -1.26. The van der Waals surface area contributed by atoms with Gasteiger partial charge in [-0.2, -0.15) is 0 Å². The number of rotatable bonds is 5. The molecule has 0 amide bonds. The van der Waals surface area contributed by atoms with Gasteiger partial charge in [0.05, 0.1) is 6.61 Å². The van der Waals surface area contributed by atoms with Crippen LogP contribution in [-0.2, 0) is 4.74 Å². The number of ether oxygens (including phenoxy) is 1. The van der Waals surface area contributed by atoms with Gasteiger partial charge in [0.2, 0.25) is 0 Å². The van der Waals surface area contributed by atoms with Crippen molar-refractivity contribution in [1.82, 2.24) is 0 Å². The Morgan fingerprint density at radius 2 is 2.06 bits per heavy atom. The fraction of sp³-hybridized carbons (Fsp3) is 0.417. The van der Waals surface area contributed by atoms with E-state index in [1.807, 2.05) is 0 Å².